The smallest absolute Gasteiger partial charge is 0.308 e. The molecular weight excluding hydrogens is 366 g/mol. The van der Waals surface area contributed by atoms with Crippen LogP contribution in [0.15, 0.2) is 47.6 Å². The Morgan fingerprint density at radius 1 is 1.21 bits per heavy atom. The number of H-pyrrole nitrogens is 1. The highest BCUT2D eigenvalue weighted by Gasteiger charge is 2.20. The van der Waals surface area contributed by atoms with Crippen LogP contribution in [-0.4, -0.2) is 23.1 Å². The molecule has 1 aliphatic rings. The maximum atomic E-state index is 12.5. The van der Waals surface area contributed by atoms with Crippen LogP contribution in [-0.2, 0) is 17.6 Å². The summed E-state index contributed by atoms with van der Waals surface area (Å²) in [5, 5.41) is 5.16. The van der Waals surface area contributed by atoms with E-state index in [4.69, 9.17) is 4.74 Å². The Balaban J connectivity index is 1.45. The monoisotopic (exact) mass is 389 g/mol. The van der Waals surface area contributed by atoms with Crippen LogP contribution in [0.3, 0.4) is 0 Å². The summed E-state index contributed by atoms with van der Waals surface area (Å²) in [6.45, 7) is 3.62. The van der Waals surface area contributed by atoms with Gasteiger partial charge in [0.15, 0.2) is 0 Å². The quantitative estimate of drug-likeness (QED) is 0.306. The Morgan fingerprint density at radius 2 is 2.00 bits per heavy atom. The summed E-state index contributed by atoms with van der Waals surface area (Å²) >= 11 is 0. The van der Waals surface area contributed by atoms with E-state index in [9.17, 15) is 9.59 Å². The van der Waals surface area contributed by atoms with Gasteiger partial charge in [-0.25, -0.2) is 5.43 Å². The first-order chi connectivity index (χ1) is 14.0. The van der Waals surface area contributed by atoms with E-state index in [1.807, 2.05) is 18.2 Å². The summed E-state index contributed by atoms with van der Waals surface area (Å²) in [6, 6.07) is 12.6. The third-order valence-corrected chi connectivity index (χ3v) is 5.22. The van der Waals surface area contributed by atoms with Crippen LogP contribution in [0.25, 0.3) is 10.9 Å². The number of aryl methyl sites for hydroxylation is 1. The van der Waals surface area contributed by atoms with Crippen LogP contribution in [0, 0.1) is 5.92 Å². The van der Waals surface area contributed by atoms with Crippen molar-refractivity contribution in [3.63, 3.8) is 0 Å². The summed E-state index contributed by atoms with van der Waals surface area (Å²) in [5.41, 5.74) is 7.66. The number of amides is 1. The molecule has 1 aromatic heterocycles. The van der Waals surface area contributed by atoms with E-state index in [0.29, 0.717) is 17.2 Å². The van der Waals surface area contributed by atoms with Crippen LogP contribution in [0.5, 0.6) is 5.75 Å². The molecule has 0 fully saturated rings. The van der Waals surface area contributed by atoms with Gasteiger partial charge in [-0.15, -0.1) is 0 Å². The standard InChI is InChI=1S/C23H23N3O3/c1-14-3-9-21-19(11-14)20-12-17(6-10-22(20)25-21)23(28)26-24-13-16-4-7-18(8-5-16)29-15(2)27/h4-8,10,12-14,25H,3,9,11H2,1-2H3,(H,26,28)/b24-13-. The molecule has 1 aliphatic carbocycles. The van der Waals surface area contributed by atoms with Gasteiger partial charge in [0, 0.05) is 29.1 Å². The molecule has 6 nitrogen and oxygen atoms in total. The number of aromatic nitrogens is 1. The topological polar surface area (TPSA) is 83.5 Å². The fourth-order valence-corrected chi connectivity index (χ4v) is 3.75. The first-order valence-corrected chi connectivity index (χ1v) is 9.75. The minimum Gasteiger partial charge on any atom is -0.427 e. The lowest BCUT2D eigenvalue weighted by Gasteiger charge is -2.18. The normalized spacial score (nSPS) is 16.0. The Labute approximate surface area is 169 Å². The summed E-state index contributed by atoms with van der Waals surface area (Å²) in [4.78, 5) is 26.9. The number of carbonyl (C=O) groups is 2. The zero-order valence-corrected chi connectivity index (χ0v) is 16.5. The minimum atomic E-state index is -0.367. The number of nitrogens with one attached hydrogen (secondary N) is 2. The molecule has 1 unspecified atom stereocenters. The maximum Gasteiger partial charge on any atom is 0.308 e. The van der Waals surface area contributed by atoms with Crippen molar-refractivity contribution < 1.29 is 14.3 Å². The van der Waals surface area contributed by atoms with Gasteiger partial charge >= 0.3 is 5.97 Å². The Bertz CT molecular complexity index is 1100. The number of ether oxygens (including phenoxy) is 1. The molecule has 6 heteroatoms. The molecule has 2 aromatic carbocycles. The number of rotatable bonds is 4. The number of carbonyl (C=O) groups excluding carboxylic acids is 2. The van der Waals surface area contributed by atoms with Crippen LogP contribution in [0.2, 0.25) is 0 Å². The largest absolute Gasteiger partial charge is 0.427 e. The molecule has 0 spiro atoms. The average molecular weight is 389 g/mol. The Morgan fingerprint density at radius 3 is 2.76 bits per heavy atom. The van der Waals surface area contributed by atoms with E-state index in [0.717, 1.165) is 29.3 Å². The lowest BCUT2D eigenvalue weighted by atomic mass is 9.87. The maximum absolute atomic E-state index is 12.5. The second kappa shape index (κ2) is 7.91. The number of hydrazone groups is 1. The number of hydrogen-bond donors (Lipinski definition) is 2. The van der Waals surface area contributed by atoms with Crippen molar-refractivity contribution in [3.05, 3.63) is 64.8 Å². The predicted octanol–water partition coefficient (Wildman–Crippen LogP) is 3.98. The average Bonchev–Trinajstić information content (AvgIpc) is 3.06. The van der Waals surface area contributed by atoms with Gasteiger partial charge in [-0.3, -0.25) is 9.59 Å². The number of benzene rings is 2. The van der Waals surface area contributed by atoms with Gasteiger partial charge in [-0.05, 0) is 78.8 Å². The number of nitrogens with zero attached hydrogens (tertiary/aromatic N) is 1. The zero-order chi connectivity index (χ0) is 20.4. The third-order valence-electron chi connectivity index (χ3n) is 5.22. The summed E-state index contributed by atoms with van der Waals surface area (Å²) in [6.07, 6.45) is 4.85. The lowest BCUT2D eigenvalue weighted by Crippen LogP contribution is -2.17. The first kappa shape index (κ1) is 18.9. The molecule has 29 heavy (non-hydrogen) atoms. The van der Waals surface area contributed by atoms with E-state index < -0.39 is 0 Å². The summed E-state index contributed by atoms with van der Waals surface area (Å²) in [7, 11) is 0. The van der Waals surface area contributed by atoms with Gasteiger partial charge in [0.25, 0.3) is 5.91 Å². The number of fused-ring (bicyclic) bond motifs is 3. The number of esters is 1. The Hall–Kier alpha value is -3.41. The molecule has 148 valence electrons. The van der Waals surface area contributed by atoms with Crippen LogP contribution in [0.4, 0.5) is 0 Å². The summed E-state index contributed by atoms with van der Waals surface area (Å²) < 4.78 is 4.99. The second-order valence-electron chi connectivity index (χ2n) is 7.55. The fourth-order valence-electron chi connectivity index (χ4n) is 3.75. The van der Waals surface area contributed by atoms with Gasteiger partial charge in [-0.1, -0.05) is 6.92 Å². The summed E-state index contributed by atoms with van der Waals surface area (Å²) in [5.74, 6) is 0.513. The molecule has 4 rings (SSSR count). The van der Waals surface area contributed by atoms with Crippen molar-refractivity contribution in [2.45, 2.75) is 33.1 Å². The highest BCUT2D eigenvalue weighted by molar-refractivity contribution is 5.99. The van der Waals surface area contributed by atoms with Crippen molar-refractivity contribution in [2.75, 3.05) is 0 Å². The fraction of sp³-hybridized carbons (Fsp3) is 0.261. The van der Waals surface area contributed by atoms with Crippen molar-refractivity contribution in [1.82, 2.24) is 10.4 Å². The second-order valence-corrected chi connectivity index (χ2v) is 7.55. The number of aromatic amines is 1. The minimum absolute atomic E-state index is 0.251. The first-order valence-electron chi connectivity index (χ1n) is 9.75. The van der Waals surface area contributed by atoms with E-state index in [2.05, 4.69) is 22.4 Å². The third kappa shape index (κ3) is 4.21. The molecule has 0 saturated heterocycles. The van der Waals surface area contributed by atoms with Gasteiger partial charge in [0.05, 0.1) is 6.21 Å². The molecule has 1 heterocycles. The van der Waals surface area contributed by atoms with Gasteiger partial charge in [0.2, 0.25) is 0 Å². The van der Waals surface area contributed by atoms with E-state index >= 15 is 0 Å². The molecule has 3 aromatic rings. The van der Waals surface area contributed by atoms with Crippen LogP contribution in [0.1, 0.15) is 47.4 Å². The number of hydrogen-bond acceptors (Lipinski definition) is 4. The van der Waals surface area contributed by atoms with Crippen LogP contribution < -0.4 is 10.2 Å². The van der Waals surface area contributed by atoms with Gasteiger partial charge in [-0.2, -0.15) is 5.10 Å². The highest BCUT2D eigenvalue weighted by atomic mass is 16.5. The molecule has 1 amide bonds. The molecule has 2 N–H and O–H groups in total. The molecule has 0 saturated carbocycles. The lowest BCUT2D eigenvalue weighted by molar-refractivity contribution is -0.131. The molecule has 0 radical (unpaired) electrons. The van der Waals surface area contributed by atoms with Crippen molar-refractivity contribution in [3.8, 4) is 5.75 Å². The predicted molar refractivity (Wildman–Crippen MR) is 112 cm³/mol. The molecule has 0 aliphatic heterocycles. The van der Waals surface area contributed by atoms with E-state index in [1.165, 1.54) is 24.6 Å². The zero-order valence-electron chi connectivity index (χ0n) is 16.5. The molecular formula is C23H23N3O3. The van der Waals surface area contributed by atoms with Crippen molar-refractivity contribution in [1.29, 1.82) is 0 Å². The van der Waals surface area contributed by atoms with Crippen molar-refractivity contribution in [2.24, 2.45) is 11.0 Å². The molecule has 1 atom stereocenters. The van der Waals surface area contributed by atoms with Gasteiger partial charge < -0.3 is 9.72 Å². The van der Waals surface area contributed by atoms with E-state index in [1.54, 1.807) is 30.5 Å². The van der Waals surface area contributed by atoms with Crippen molar-refractivity contribution >= 4 is 29.0 Å². The molecule has 0 bridgehead atoms. The SMILES string of the molecule is CC(=O)Oc1ccc(/C=N\NC(=O)c2ccc3[nH]c4c(c3c2)CC(C)CC4)cc1. The van der Waals surface area contributed by atoms with E-state index in [-0.39, 0.29) is 11.9 Å². The van der Waals surface area contributed by atoms with Gasteiger partial charge in [0.1, 0.15) is 5.75 Å². The highest BCUT2D eigenvalue weighted by Crippen LogP contribution is 2.32. The van der Waals surface area contributed by atoms with Crippen LogP contribution >= 0.6 is 0 Å². The Kier molecular flexibility index (Phi) is 5.16.